The van der Waals surface area contributed by atoms with Crippen LogP contribution in [0, 0.1) is 0 Å². The molecular weight excluding hydrogens is 295 g/mol. The van der Waals surface area contributed by atoms with Crippen molar-refractivity contribution in [3.8, 4) is 11.3 Å². The van der Waals surface area contributed by atoms with Crippen LogP contribution in [0.4, 0.5) is 13.2 Å². The minimum atomic E-state index is -4.45. The number of hydrogen-bond donors (Lipinski definition) is 2. The van der Waals surface area contributed by atoms with Gasteiger partial charge in [0.05, 0.1) is 5.56 Å². The molecule has 2 N–H and O–H groups in total. The Bertz CT molecular complexity index is 583. The van der Waals surface area contributed by atoms with E-state index in [4.69, 9.17) is 21.2 Å². The van der Waals surface area contributed by atoms with E-state index < -0.39 is 17.2 Å². The van der Waals surface area contributed by atoms with E-state index in [1.807, 2.05) is 5.48 Å². The summed E-state index contributed by atoms with van der Waals surface area (Å²) in [6.45, 7) is 0. The Morgan fingerprint density at radius 3 is 2.55 bits per heavy atom. The zero-order chi connectivity index (χ0) is 14.8. The van der Waals surface area contributed by atoms with E-state index in [0.717, 1.165) is 6.07 Å². The third-order valence-corrected chi connectivity index (χ3v) is 2.93. The second-order valence-corrected chi connectivity index (χ2v) is 4.64. The minimum absolute atomic E-state index is 0.0330. The van der Waals surface area contributed by atoms with Crippen molar-refractivity contribution < 1.29 is 22.8 Å². The predicted molar refractivity (Wildman–Crippen MR) is 67.4 cm³/mol. The van der Waals surface area contributed by atoms with E-state index in [9.17, 15) is 13.2 Å². The molecule has 20 heavy (non-hydrogen) atoms. The molecule has 1 aromatic carbocycles. The van der Waals surface area contributed by atoms with Gasteiger partial charge in [0.25, 0.3) is 0 Å². The van der Waals surface area contributed by atoms with E-state index in [0.29, 0.717) is 5.76 Å². The molecule has 1 unspecified atom stereocenters. The summed E-state index contributed by atoms with van der Waals surface area (Å²) in [4.78, 5) is 0. The van der Waals surface area contributed by atoms with Crippen molar-refractivity contribution in [2.75, 3.05) is 0 Å². The molecule has 1 atom stereocenters. The lowest BCUT2D eigenvalue weighted by Gasteiger charge is -2.10. The molecule has 1 aromatic heterocycles. The maximum atomic E-state index is 12.9. The fourth-order valence-corrected chi connectivity index (χ4v) is 1.95. The lowest BCUT2D eigenvalue weighted by atomic mass is 10.1. The fourth-order valence-electron chi connectivity index (χ4n) is 1.80. The van der Waals surface area contributed by atoms with Crippen LogP contribution in [0.3, 0.4) is 0 Å². The van der Waals surface area contributed by atoms with Gasteiger partial charge >= 0.3 is 6.18 Å². The highest BCUT2D eigenvalue weighted by atomic mass is 35.5. The summed E-state index contributed by atoms with van der Waals surface area (Å²) in [5, 5.41) is 8.60. The van der Waals surface area contributed by atoms with Crippen LogP contribution in [0.1, 0.15) is 11.3 Å². The van der Waals surface area contributed by atoms with Crippen LogP contribution in [0.15, 0.2) is 40.8 Å². The number of halogens is 4. The maximum absolute atomic E-state index is 12.9. The second kappa shape index (κ2) is 5.87. The molecule has 0 saturated heterocycles. The van der Waals surface area contributed by atoms with Gasteiger partial charge in [0.2, 0.25) is 0 Å². The van der Waals surface area contributed by atoms with E-state index in [1.54, 1.807) is 0 Å². The average molecular weight is 306 g/mol. The van der Waals surface area contributed by atoms with Crippen molar-refractivity contribution in [1.29, 1.82) is 0 Å². The molecule has 108 valence electrons. The highest BCUT2D eigenvalue weighted by Gasteiger charge is 2.34. The molecule has 0 radical (unpaired) electrons. The van der Waals surface area contributed by atoms with E-state index in [2.05, 4.69) is 0 Å². The maximum Gasteiger partial charge on any atom is 0.417 e. The zero-order valence-electron chi connectivity index (χ0n) is 10.1. The molecule has 0 saturated carbocycles. The van der Waals surface area contributed by atoms with Crippen molar-refractivity contribution in [3.63, 3.8) is 0 Å². The Balaban J connectivity index is 2.33. The zero-order valence-corrected chi connectivity index (χ0v) is 10.9. The number of furan rings is 1. The summed E-state index contributed by atoms with van der Waals surface area (Å²) in [6.07, 6.45) is -4.31. The molecule has 0 bridgehead atoms. The number of hydroxylamine groups is 1. The Morgan fingerprint density at radius 2 is 1.90 bits per heavy atom. The monoisotopic (exact) mass is 305 g/mol. The average Bonchev–Trinajstić information content (AvgIpc) is 2.86. The standard InChI is InChI=1S/C13H11ClF3NO2/c14-12(18-19)7-8-5-6-11(20-8)9-3-1-2-4-10(9)13(15,16)17/h1-6,12,18-19H,7H2. The summed E-state index contributed by atoms with van der Waals surface area (Å²) in [7, 11) is 0. The molecular formula is C13H11ClF3NO2. The van der Waals surface area contributed by atoms with Crippen LogP contribution >= 0.6 is 11.6 Å². The number of alkyl halides is 4. The molecule has 2 aromatic rings. The molecule has 0 spiro atoms. The molecule has 0 aliphatic rings. The number of nitrogens with one attached hydrogen (secondary N) is 1. The lowest BCUT2D eigenvalue weighted by molar-refractivity contribution is -0.137. The molecule has 3 nitrogen and oxygen atoms in total. The first-order chi connectivity index (χ1) is 9.41. The Kier molecular flexibility index (Phi) is 4.37. The highest BCUT2D eigenvalue weighted by molar-refractivity contribution is 6.20. The Labute approximate surface area is 117 Å². The van der Waals surface area contributed by atoms with Crippen LogP contribution in [-0.2, 0) is 12.6 Å². The molecule has 2 rings (SSSR count). The second-order valence-electron chi connectivity index (χ2n) is 4.11. The van der Waals surface area contributed by atoms with Gasteiger partial charge in [-0.05, 0) is 18.2 Å². The van der Waals surface area contributed by atoms with Crippen molar-refractivity contribution in [2.24, 2.45) is 0 Å². The quantitative estimate of drug-likeness (QED) is 0.509. The summed E-state index contributed by atoms with van der Waals surface area (Å²) >= 11 is 5.66. The minimum Gasteiger partial charge on any atom is -0.461 e. The molecule has 7 heteroatoms. The number of benzene rings is 1. The van der Waals surface area contributed by atoms with Gasteiger partial charge in [0.15, 0.2) is 0 Å². The topological polar surface area (TPSA) is 45.4 Å². The van der Waals surface area contributed by atoms with Crippen molar-refractivity contribution in [1.82, 2.24) is 5.48 Å². The summed E-state index contributed by atoms with van der Waals surface area (Å²) in [6, 6.07) is 8.13. The van der Waals surface area contributed by atoms with Crippen LogP contribution in [0.5, 0.6) is 0 Å². The number of rotatable bonds is 4. The van der Waals surface area contributed by atoms with Gasteiger partial charge in [0.1, 0.15) is 17.0 Å². The third kappa shape index (κ3) is 3.33. The lowest BCUT2D eigenvalue weighted by Crippen LogP contribution is -2.21. The SMILES string of the molecule is ONC(Cl)Cc1ccc(-c2ccccc2C(F)(F)F)o1. The molecule has 0 amide bonds. The number of hydrogen-bond acceptors (Lipinski definition) is 3. The van der Waals surface area contributed by atoms with E-state index >= 15 is 0 Å². The normalized spacial score (nSPS) is 13.4. The summed E-state index contributed by atoms with van der Waals surface area (Å²) < 4.78 is 44.0. The first kappa shape index (κ1) is 14.9. The van der Waals surface area contributed by atoms with Gasteiger partial charge < -0.3 is 9.62 Å². The molecule has 0 fully saturated rings. The highest BCUT2D eigenvalue weighted by Crippen LogP contribution is 2.37. The van der Waals surface area contributed by atoms with Gasteiger partial charge in [-0.25, -0.2) is 0 Å². The predicted octanol–water partition coefficient (Wildman–Crippen LogP) is 4.05. The smallest absolute Gasteiger partial charge is 0.417 e. The van der Waals surface area contributed by atoms with Gasteiger partial charge in [-0.2, -0.15) is 18.7 Å². The Morgan fingerprint density at radius 1 is 1.20 bits per heavy atom. The van der Waals surface area contributed by atoms with Crippen LogP contribution in [0.2, 0.25) is 0 Å². The van der Waals surface area contributed by atoms with Crippen LogP contribution in [0.25, 0.3) is 11.3 Å². The van der Waals surface area contributed by atoms with E-state index in [-0.39, 0.29) is 17.7 Å². The van der Waals surface area contributed by atoms with E-state index in [1.165, 1.54) is 30.3 Å². The first-order valence-corrected chi connectivity index (χ1v) is 6.14. The van der Waals surface area contributed by atoms with Crippen molar-refractivity contribution in [3.05, 3.63) is 47.7 Å². The van der Waals surface area contributed by atoms with Gasteiger partial charge in [-0.15, -0.1) is 11.6 Å². The first-order valence-electron chi connectivity index (χ1n) is 5.71. The van der Waals surface area contributed by atoms with Crippen LogP contribution < -0.4 is 5.48 Å². The molecule has 0 aliphatic heterocycles. The van der Waals surface area contributed by atoms with Gasteiger partial charge in [-0.1, -0.05) is 18.2 Å². The Hall–Kier alpha value is -1.50. The third-order valence-electron chi connectivity index (χ3n) is 2.68. The van der Waals surface area contributed by atoms with Crippen molar-refractivity contribution >= 4 is 11.6 Å². The van der Waals surface area contributed by atoms with Gasteiger partial charge in [-0.3, -0.25) is 0 Å². The largest absolute Gasteiger partial charge is 0.461 e. The summed E-state index contributed by atoms with van der Waals surface area (Å²) in [5.74, 6) is 0.480. The van der Waals surface area contributed by atoms with Gasteiger partial charge in [0, 0.05) is 12.0 Å². The van der Waals surface area contributed by atoms with Crippen molar-refractivity contribution in [2.45, 2.75) is 18.1 Å². The molecule has 0 aliphatic carbocycles. The summed E-state index contributed by atoms with van der Waals surface area (Å²) in [5.41, 5.74) is 0.259. The fraction of sp³-hybridized carbons (Fsp3) is 0.231. The molecule has 1 heterocycles. The van der Waals surface area contributed by atoms with Crippen LogP contribution in [-0.4, -0.2) is 10.7 Å².